The maximum atomic E-state index is 13.7. The van der Waals surface area contributed by atoms with Gasteiger partial charge in [0.1, 0.15) is 6.07 Å². The number of nitriles is 1. The number of amides is 1. The van der Waals surface area contributed by atoms with E-state index in [0.717, 1.165) is 66.4 Å². The Morgan fingerprint density at radius 2 is 1.35 bits per heavy atom. The monoisotopic (exact) mass is 535 g/mol. The van der Waals surface area contributed by atoms with E-state index in [2.05, 4.69) is 39.8 Å². The van der Waals surface area contributed by atoms with Crippen molar-refractivity contribution in [1.29, 1.82) is 5.26 Å². The van der Waals surface area contributed by atoms with Crippen molar-refractivity contribution in [1.82, 2.24) is 9.80 Å². The summed E-state index contributed by atoms with van der Waals surface area (Å²) in [6.45, 7) is 12.7. The first-order valence-electron chi connectivity index (χ1n) is 14.1. The molecule has 7 heteroatoms. The van der Waals surface area contributed by atoms with Crippen LogP contribution in [0.1, 0.15) is 49.9 Å². The Kier molecular flexibility index (Phi) is 8.18. The third-order valence-corrected chi connectivity index (χ3v) is 8.24. The minimum absolute atomic E-state index is 0.0605. The second kappa shape index (κ2) is 11.9. The SMILES string of the molecule is CC(=O)c1ccccc1N1CCN(C(=O)c2cc(CN3CCN(c4ccccc4C#N)CC3)c(C)cc2C)CC1. The van der Waals surface area contributed by atoms with E-state index >= 15 is 0 Å². The number of benzene rings is 3. The fraction of sp³-hybridized carbons (Fsp3) is 0.364. The van der Waals surface area contributed by atoms with Gasteiger partial charge in [-0.05, 0) is 67.8 Å². The van der Waals surface area contributed by atoms with Crippen molar-refractivity contribution in [3.05, 3.63) is 94.0 Å². The highest BCUT2D eigenvalue weighted by atomic mass is 16.2. The van der Waals surface area contributed by atoms with Gasteiger partial charge in [0.2, 0.25) is 0 Å². The Morgan fingerprint density at radius 1 is 0.750 bits per heavy atom. The van der Waals surface area contributed by atoms with E-state index in [4.69, 9.17) is 0 Å². The number of rotatable bonds is 6. The lowest BCUT2D eigenvalue weighted by Crippen LogP contribution is -2.49. The lowest BCUT2D eigenvalue weighted by molar-refractivity contribution is 0.0745. The molecule has 206 valence electrons. The van der Waals surface area contributed by atoms with Crippen LogP contribution >= 0.6 is 0 Å². The van der Waals surface area contributed by atoms with E-state index in [-0.39, 0.29) is 11.7 Å². The van der Waals surface area contributed by atoms with Gasteiger partial charge in [0.15, 0.2) is 5.78 Å². The maximum absolute atomic E-state index is 13.7. The van der Waals surface area contributed by atoms with E-state index in [9.17, 15) is 14.9 Å². The molecule has 0 radical (unpaired) electrons. The Morgan fingerprint density at radius 3 is 2.02 bits per heavy atom. The first-order chi connectivity index (χ1) is 19.4. The highest BCUT2D eigenvalue weighted by molar-refractivity contribution is 6.00. The summed E-state index contributed by atoms with van der Waals surface area (Å²) in [6, 6.07) is 22.1. The van der Waals surface area contributed by atoms with Gasteiger partial charge in [-0.25, -0.2) is 0 Å². The van der Waals surface area contributed by atoms with Gasteiger partial charge in [-0.2, -0.15) is 5.26 Å². The highest BCUT2D eigenvalue weighted by Gasteiger charge is 2.26. The molecule has 0 unspecified atom stereocenters. The quantitative estimate of drug-likeness (QED) is 0.428. The van der Waals surface area contributed by atoms with Crippen LogP contribution in [0.2, 0.25) is 0 Å². The topological polar surface area (TPSA) is 70.9 Å². The molecule has 1 amide bonds. The van der Waals surface area contributed by atoms with E-state index in [1.165, 1.54) is 11.1 Å². The van der Waals surface area contributed by atoms with E-state index in [0.29, 0.717) is 26.2 Å². The van der Waals surface area contributed by atoms with Gasteiger partial charge in [0.05, 0.1) is 11.3 Å². The molecular formula is C33H37N5O2. The van der Waals surface area contributed by atoms with Crippen molar-refractivity contribution in [3.63, 3.8) is 0 Å². The minimum Gasteiger partial charge on any atom is -0.368 e. The summed E-state index contributed by atoms with van der Waals surface area (Å²) in [5, 5.41) is 9.48. The van der Waals surface area contributed by atoms with Crippen LogP contribution in [-0.4, -0.2) is 73.8 Å². The van der Waals surface area contributed by atoms with Crippen molar-refractivity contribution >= 4 is 23.1 Å². The molecule has 40 heavy (non-hydrogen) atoms. The molecule has 0 bridgehead atoms. The average molecular weight is 536 g/mol. The zero-order valence-electron chi connectivity index (χ0n) is 23.7. The molecule has 2 aliphatic heterocycles. The van der Waals surface area contributed by atoms with Crippen LogP contribution in [0.15, 0.2) is 60.7 Å². The molecule has 0 N–H and O–H groups in total. The normalized spacial score (nSPS) is 16.1. The first kappa shape index (κ1) is 27.4. The Labute approximate surface area is 237 Å². The molecule has 7 nitrogen and oxygen atoms in total. The molecular weight excluding hydrogens is 498 g/mol. The molecule has 2 aliphatic rings. The smallest absolute Gasteiger partial charge is 0.254 e. The van der Waals surface area contributed by atoms with Crippen LogP contribution in [0.3, 0.4) is 0 Å². The number of ketones is 1. The molecule has 0 aliphatic carbocycles. The highest BCUT2D eigenvalue weighted by Crippen LogP contribution is 2.26. The lowest BCUT2D eigenvalue weighted by Gasteiger charge is -2.37. The summed E-state index contributed by atoms with van der Waals surface area (Å²) in [5.41, 5.74) is 7.59. The van der Waals surface area contributed by atoms with Crippen LogP contribution in [0.4, 0.5) is 11.4 Å². The van der Waals surface area contributed by atoms with Crippen molar-refractivity contribution in [3.8, 4) is 6.07 Å². The molecule has 3 aromatic carbocycles. The zero-order valence-corrected chi connectivity index (χ0v) is 23.7. The number of Topliss-reactive ketones (excluding diaryl/α,β-unsaturated/α-hetero) is 1. The van der Waals surface area contributed by atoms with Crippen molar-refractivity contribution in [2.45, 2.75) is 27.3 Å². The average Bonchev–Trinajstić information content (AvgIpc) is 2.98. The van der Waals surface area contributed by atoms with Crippen LogP contribution in [0.5, 0.6) is 0 Å². The second-order valence-electron chi connectivity index (χ2n) is 10.8. The first-order valence-corrected chi connectivity index (χ1v) is 14.1. The number of carbonyl (C=O) groups is 2. The molecule has 0 saturated carbocycles. The van der Waals surface area contributed by atoms with Gasteiger partial charge in [-0.3, -0.25) is 14.5 Å². The van der Waals surface area contributed by atoms with Gasteiger partial charge in [-0.1, -0.05) is 30.3 Å². The predicted molar refractivity (Wildman–Crippen MR) is 159 cm³/mol. The van der Waals surface area contributed by atoms with Crippen LogP contribution < -0.4 is 9.80 Å². The predicted octanol–water partition coefficient (Wildman–Crippen LogP) is 4.66. The maximum Gasteiger partial charge on any atom is 0.254 e. The molecule has 2 heterocycles. The summed E-state index contributed by atoms with van der Waals surface area (Å²) in [4.78, 5) is 34.6. The molecule has 3 aromatic rings. The Balaban J connectivity index is 1.23. The number of carbonyl (C=O) groups excluding carboxylic acids is 2. The van der Waals surface area contributed by atoms with E-state index in [1.807, 2.05) is 60.4 Å². The van der Waals surface area contributed by atoms with Crippen LogP contribution in [0.25, 0.3) is 0 Å². The standard InChI is InChI=1S/C33H37N5O2/c1-24-20-25(2)30(33(40)38-18-16-37(17-19-38)32-11-7-5-9-29(32)26(3)39)21-28(24)23-35-12-14-36(15-13-35)31-10-6-4-8-27(31)22-34/h4-11,20-21H,12-19,23H2,1-3H3. The van der Waals surface area contributed by atoms with Crippen molar-refractivity contribution in [2.24, 2.45) is 0 Å². The summed E-state index contributed by atoms with van der Waals surface area (Å²) < 4.78 is 0. The number of para-hydroxylation sites is 2. The van der Waals surface area contributed by atoms with Gasteiger partial charge in [-0.15, -0.1) is 0 Å². The summed E-state index contributed by atoms with van der Waals surface area (Å²) in [5.74, 6) is 0.140. The third-order valence-electron chi connectivity index (χ3n) is 8.24. The van der Waals surface area contributed by atoms with Crippen LogP contribution in [0, 0.1) is 25.2 Å². The Hall–Kier alpha value is -4.15. The zero-order chi connectivity index (χ0) is 28.2. The number of piperazine rings is 2. The molecule has 0 spiro atoms. The van der Waals surface area contributed by atoms with Gasteiger partial charge < -0.3 is 14.7 Å². The molecule has 2 fully saturated rings. The van der Waals surface area contributed by atoms with Gasteiger partial charge in [0.25, 0.3) is 5.91 Å². The summed E-state index contributed by atoms with van der Waals surface area (Å²) in [6.07, 6.45) is 0. The molecule has 5 rings (SSSR count). The fourth-order valence-corrected chi connectivity index (χ4v) is 5.90. The molecule has 0 aromatic heterocycles. The van der Waals surface area contributed by atoms with Crippen molar-refractivity contribution in [2.75, 3.05) is 62.2 Å². The number of hydrogen-bond donors (Lipinski definition) is 0. The lowest BCUT2D eigenvalue weighted by atomic mass is 9.98. The number of nitrogens with zero attached hydrogens (tertiary/aromatic N) is 5. The third kappa shape index (κ3) is 5.73. The number of anilines is 2. The van der Waals surface area contributed by atoms with Crippen LogP contribution in [-0.2, 0) is 6.54 Å². The number of aryl methyl sites for hydroxylation is 2. The van der Waals surface area contributed by atoms with Gasteiger partial charge >= 0.3 is 0 Å². The fourth-order valence-electron chi connectivity index (χ4n) is 5.90. The summed E-state index contributed by atoms with van der Waals surface area (Å²) >= 11 is 0. The van der Waals surface area contributed by atoms with E-state index < -0.39 is 0 Å². The molecule has 0 atom stereocenters. The second-order valence-corrected chi connectivity index (χ2v) is 10.8. The van der Waals surface area contributed by atoms with Gasteiger partial charge in [0, 0.05) is 75.7 Å². The minimum atomic E-state index is 0.0605. The Bertz CT molecular complexity index is 1440. The van der Waals surface area contributed by atoms with Crippen molar-refractivity contribution < 1.29 is 9.59 Å². The molecule has 2 saturated heterocycles. The summed E-state index contributed by atoms with van der Waals surface area (Å²) in [7, 11) is 0. The number of hydrogen-bond acceptors (Lipinski definition) is 6. The van der Waals surface area contributed by atoms with E-state index in [1.54, 1.807) is 6.92 Å². The largest absolute Gasteiger partial charge is 0.368 e.